The zero-order valence-corrected chi connectivity index (χ0v) is 27.5. The maximum absolute atomic E-state index is 5.76. The second kappa shape index (κ2) is 33.5. The molecule has 1 aromatic carbocycles. The quantitative estimate of drug-likeness (QED) is 0.493. The van der Waals surface area contributed by atoms with Gasteiger partial charge in [-0.2, -0.15) is 0 Å². The number of nitrogens with two attached hydrogens (primary N) is 1. The lowest BCUT2D eigenvalue weighted by atomic mass is 10.2. The molecule has 54 heavy (non-hydrogen) atoms. The molecule has 0 heterocycles. The smallest absolute Gasteiger partial charge is 0.144 e. The zero-order valence-electron chi connectivity index (χ0n) is 27.5. The van der Waals surface area contributed by atoms with Crippen LogP contribution in [0, 0.1) is 262 Å². The van der Waals surface area contributed by atoms with Crippen LogP contribution in [0.25, 0.3) is 0 Å². The Hall–Kier alpha value is -10.9. The molecule has 2 N–H and O–H groups in total. The van der Waals surface area contributed by atoms with E-state index in [9.17, 15) is 0 Å². The Morgan fingerprint density at radius 3 is 0.722 bits per heavy atom. The highest BCUT2D eigenvalue weighted by atomic mass is 16.5. The molecular weight excluding hydrogens is 659 g/mol. The van der Waals surface area contributed by atoms with Crippen LogP contribution in [0.4, 0.5) is 0 Å². The Kier molecular flexibility index (Phi) is 25.5. The summed E-state index contributed by atoms with van der Waals surface area (Å²) in [6.45, 7) is 0.227. The van der Waals surface area contributed by atoms with E-state index in [1.54, 1.807) is 18.2 Å². The molecule has 0 unspecified atom stereocenters. The van der Waals surface area contributed by atoms with Gasteiger partial charge in [0, 0.05) is 155 Å². The van der Waals surface area contributed by atoms with Gasteiger partial charge in [0.05, 0.1) is 0 Å². The molecule has 0 aromatic heterocycles. The van der Waals surface area contributed by atoms with Gasteiger partial charge in [-0.1, -0.05) is 0 Å². The summed E-state index contributed by atoms with van der Waals surface area (Å²) in [5, 5.41) is 0. The van der Waals surface area contributed by atoms with Crippen LogP contribution in [0.2, 0.25) is 0 Å². The fraction of sp³-hybridized carbons (Fsp3) is 0.0196. The van der Waals surface area contributed by atoms with Gasteiger partial charge >= 0.3 is 0 Å². The Morgan fingerprint density at radius 2 is 0.519 bits per heavy atom. The van der Waals surface area contributed by atoms with E-state index in [1.165, 1.54) is 0 Å². The molecule has 0 radical (unpaired) electrons. The van der Waals surface area contributed by atoms with Gasteiger partial charge in [0.25, 0.3) is 0 Å². The van der Waals surface area contributed by atoms with Crippen molar-refractivity contribution in [3.8, 4) is 273 Å². The van der Waals surface area contributed by atoms with Crippen molar-refractivity contribution in [3.63, 3.8) is 0 Å². The monoisotopic (exact) mass is 667 g/mol. The summed E-state index contributed by atoms with van der Waals surface area (Å²) in [5.74, 6) is 99.3. The third kappa shape index (κ3) is 27.4. The van der Waals surface area contributed by atoms with Gasteiger partial charge in [-0.3, -0.25) is 0 Å². The Morgan fingerprint density at radius 1 is 0.315 bits per heavy atom. The number of terminal acetylenes is 2. The molecule has 1 aromatic rings. The lowest BCUT2D eigenvalue weighted by molar-refractivity contribution is 0.494. The molecule has 230 valence electrons. The fourth-order valence-electron chi connectivity index (χ4n) is 2.22. The van der Waals surface area contributed by atoms with Crippen molar-refractivity contribution >= 4 is 0 Å². The Balaban J connectivity index is 2.61. The van der Waals surface area contributed by atoms with Gasteiger partial charge in [0.2, 0.25) is 0 Å². The van der Waals surface area contributed by atoms with Gasteiger partial charge in [-0.05, 0) is 112 Å². The number of hydrogen-bond acceptors (Lipinski definition) is 3. The highest BCUT2D eigenvalue weighted by Crippen LogP contribution is 2.22. The second-order valence-corrected chi connectivity index (χ2v) is 7.46. The normalized spacial score (nSPS) is 5.17. The maximum Gasteiger partial charge on any atom is 0.144 e. The third-order valence-corrected chi connectivity index (χ3v) is 4.01. The van der Waals surface area contributed by atoms with Gasteiger partial charge in [0.15, 0.2) is 0 Å². The molecule has 0 aliphatic heterocycles. The molecule has 0 saturated carbocycles. The Labute approximate surface area is 317 Å². The van der Waals surface area contributed by atoms with Gasteiger partial charge < -0.3 is 15.2 Å². The topological polar surface area (TPSA) is 44.5 Å². The number of ether oxygens (including phenoxy) is 2. The molecule has 3 nitrogen and oxygen atoms in total. The molecule has 3 heteroatoms. The van der Waals surface area contributed by atoms with Crippen LogP contribution >= 0.6 is 0 Å². The minimum absolute atomic E-state index is 0.227. The molecule has 0 amide bonds. The summed E-state index contributed by atoms with van der Waals surface area (Å²) >= 11 is 0. The summed E-state index contributed by atoms with van der Waals surface area (Å²) in [5.41, 5.74) is 6.48. The summed E-state index contributed by atoms with van der Waals surface area (Å²) < 4.78 is 10.8. The number of rotatable bonds is 3. The first-order chi connectivity index (χ1) is 26.8. The lowest BCUT2D eigenvalue weighted by Gasteiger charge is -2.04. The predicted octanol–water partition coefficient (Wildman–Crippen LogP) is 1.15. The van der Waals surface area contributed by atoms with Gasteiger partial charge in [0.1, 0.15) is 23.7 Å². The molecule has 0 bridgehead atoms. The van der Waals surface area contributed by atoms with Crippen molar-refractivity contribution in [2.45, 2.75) is 6.54 Å². The summed E-state index contributed by atoms with van der Waals surface area (Å²) in [6.07, 6.45) is 14.8. The summed E-state index contributed by atoms with van der Waals surface area (Å²) in [7, 11) is 0. The minimum atomic E-state index is 0.227. The van der Waals surface area contributed by atoms with Crippen LogP contribution in [-0.4, -0.2) is 0 Å². The van der Waals surface area contributed by atoms with E-state index < -0.39 is 0 Å². The van der Waals surface area contributed by atoms with E-state index in [4.69, 9.17) is 28.1 Å². The third-order valence-electron chi connectivity index (χ3n) is 4.01. The summed E-state index contributed by atoms with van der Waals surface area (Å²) in [4.78, 5) is 0. The average molecular weight is 668 g/mol. The van der Waals surface area contributed by atoms with Crippen LogP contribution in [0.5, 0.6) is 11.5 Å². The van der Waals surface area contributed by atoms with Crippen LogP contribution in [0.3, 0.4) is 0 Å². The van der Waals surface area contributed by atoms with E-state index in [-0.39, 0.29) is 6.54 Å². The van der Waals surface area contributed by atoms with Crippen molar-refractivity contribution in [2.75, 3.05) is 0 Å². The van der Waals surface area contributed by atoms with Crippen molar-refractivity contribution in [1.29, 1.82) is 0 Å². The molecule has 0 saturated heterocycles. The van der Waals surface area contributed by atoms with Crippen molar-refractivity contribution in [2.24, 2.45) is 5.73 Å². The first kappa shape index (κ1) is 41.1. The Bertz CT molecular complexity index is 2900. The van der Waals surface area contributed by atoms with Crippen molar-refractivity contribution in [1.82, 2.24) is 0 Å². The van der Waals surface area contributed by atoms with E-state index in [0.29, 0.717) is 11.5 Å². The largest absolute Gasteiger partial charge is 0.407 e. The molecule has 1 rings (SSSR count). The molecular formula is C51H9NO2. The fourth-order valence-corrected chi connectivity index (χ4v) is 2.22. The molecule has 0 fully saturated rings. The van der Waals surface area contributed by atoms with Gasteiger partial charge in [-0.25, -0.2) is 0 Å². The summed E-state index contributed by atoms with van der Waals surface area (Å²) in [6, 6.07) is 4.95. The van der Waals surface area contributed by atoms with E-state index >= 15 is 0 Å². The van der Waals surface area contributed by atoms with E-state index in [1.807, 2.05) is 0 Å². The number of hydrogen-bond donors (Lipinski definition) is 1. The molecule has 0 spiro atoms. The molecule has 0 aliphatic carbocycles. The number of benzene rings is 1. The zero-order chi connectivity index (χ0) is 38.7. The van der Waals surface area contributed by atoms with Crippen LogP contribution in [-0.2, 0) is 6.54 Å². The predicted molar refractivity (Wildman–Crippen MR) is 209 cm³/mol. The minimum Gasteiger partial charge on any atom is -0.407 e. The van der Waals surface area contributed by atoms with Crippen LogP contribution < -0.4 is 15.2 Å². The van der Waals surface area contributed by atoms with Crippen molar-refractivity contribution < 1.29 is 9.47 Å². The molecule has 0 atom stereocenters. The molecule has 0 aliphatic rings. The van der Waals surface area contributed by atoms with E-state index in [0.717, 1.165) is 5.56 Å². The standard InChI is InChI=1S/C51H9NO2/c1-3-5-7-9-11-13-15-17-19-21-23-25-27-29-31-33-35-37-39-41-43-53-50-45-49(48-52)46-51(47-50)54-44-42-40-38-36-34-32-30-28-26-24-22-20-18-16-14-12-10-8-6-4-2/h1-2,45-47H,48,52H2. The highest BCUT2D eigenvalue weighted by Gasteiger charge is 2.01. The van der Waals surface area contributed by atoms with Gasteiger partial charge in [-0.15, -0.1) is 12.8 Å². The second-order valence-electron chi connectivity index (χ2n) is 7.46. The highest BCUT2D eigenvalue weighted by molar-refractivity contribution is 5.49. The average Bonchev–Trinajstić information content (AvgIpc) is 3.19. The van der Waals surface area contributed by atoms with Crippen LogP contribution in [0.1, 0.15) is 5.56 Å². The maximum atomic E-state index is 5.76. The van der Waals surface area contributed by atoms with Crippen molar-refractivity contribution in [3.05, 3.63) is 23.8 Å². The SMILES string of the molecule is C#CC#CC#CC#CC#CC#CC#CC#CC#CC#CC#COc1cc(CN)cc(OC#CC#CC#CC#CC#CC#CC#CC#CC#CC#CC#C)c1. The first-order valence-corrected chi connectivity index (χ1v) is 13.9. The van der Waals surface area contributed by atoms with E-state index in [2.05, 4.69) is 249 Å². The van der Waals surface area contributed by atoms with Crippen LogP contribution in [0.15, 0.2) is 18.2 Å². The first-order valence-electron chi connectivity index (χ1n) is 13.9. The lowest BCUT2D eigenvalue weighted by Crippen LogP contribution is -1.97.